The van der Waals surface area contributed by atoms with Gasteiger partial charge in [-0.1, -0.05) is 34.1 Å². The van der Waals surface area contributed by atoms with Gasteiger partial charge in [0.1, 0.15) is 0 Å². The fourth-order valence-corrected chi connectivity index (χ4v) is 3.80. The Balaban J connectivity index is 1.53. The van der Waals surface area contributed by atoms with E-state index in [1.54, 1.807) is 4.90 Å². The molecule has 0 aliphatic carbocycles. The van der Waals surface area contributed by atoms with Gasteiger partial charge in [-0.2, -0.15) is 0 Å². The van der Waals surface area contributed by atoms with Crippen molar-refractivity contribution >= 4 is 39.1 Å². The molecule has 2 amide bonds. The Labute approximate surface area is 149 Å². The monoisotopic (exact) mass is 384 g/mol. The zero-order valence-corrected chi connectivity index (χ0v) is 14.7. The molecule has 2 aromatic carbocycles. The second-order valence-electron chi connectivity index (χ2n) is 6.25. The van der Waals surface area contributed by atoms with E-state index >= 15 is 0 Å². The van der Waals surface area contributed by atoms with Crippen LogP contribution in [0.5, 0.6) is 0 Å². The number of amides is 2. The summed E-state index contributed by atoms with van der Waals surface area (Å²) in [5.41, 5.74) is 3.05. The van der Waals surface area contributed by atoms with Gasteiger partial charge in [-0.25, -0.2) is 0 Å². The molecule has 2 aromatic rings. The van der Waals surface area contributed by atoms with Crippen molar-refractivity contribution in [3.05, 3.63) is 58.6 Å². The normalized spacial score (nSPS) is 19.7. The lowest BCUT2D eigenvalue weighted by Gasteiger charge is -2.21. The van der Waals surface area contributed by atoms with Crippen LogP contribution >= 0.6 is 15.9 Å². The summed E-state index contributed by atoms with van der Waals surface area (Å²) in [6.45, 7) is 1.17. The Morgan fingerprint density at radius 1 is 1.08 bits per heavy atom. The molecule has 4 nitrogen and oxygen atoms in total. The summed E-state index contributed by atoms with van der Waals surface area (Å²) in [5.74, 6) is -0.191. The first-order chi connectivity index (χ1) is 11.6. The van der Waals surface area contributed by atoms with Crippen molar-refractivity contribution in [2.75, 3.05) is 22.9 Å². The van der Waals surface area contributed by atoms with Crippen LogP contribution in [0.3, 0.4) is 0 Å². The smallest absolute Gasteiger partial charge is 0.232 e. The van der Waals surface area contributed by atoms with Crippen LogP contribution in [0.25, 0.3) is 0 Å². The average molecular weight is 385 g/mol. The first kappa shape index (κ1) is 15.4. The molecule has 24 heavy (non-hydrogen) atoms. The molecule has 4 rings (SSSR count). The third-order valence-electron chi connectivity index (χ3n) is 4.77. The Kier molecular flexibility index (Phi) is 3.88. The van der Waals surface area contributed by atoms with E-state index in [0.717, 1.165) is 22.3 Å². The molecule has 1 fully saturated rings. The minimum Gasteiger partial charge on any atom is -0.312 e. The number of halogens is 1. The summed E-state index contributed by atoms with van der Waals surface area (Å²) >= 11 is 3.40. The van der Waals surface area contributed by atoms with E-state index in [-0.39, 0.29) is 24.2 Å². The summed E-state index contributed by atoms with van der Waals surface area (Å²) in [4.78, 5) is 28.9. The summed E-state index contributed by atoms with van der Waals surface area (Å²) in [6.07, 6.45) is 1.17. The van der Waals surface area contributed by atoms with Gasteiger partial charge in [0.2, 0.25) is 11.8 Å². The van der Waals surface area contributed by atoms with Crippen LogP contribution in [0, 0.1) is 5.92 Å². The fourth-order valence-electron chi connectivity index (χ4n) is 3.53. The molecule has 1 atom stereocenters. The van der Waals surface area contributed by atoms with Crippen molar-refractivity contribution in [3.8, 4) is 0 Å². The molecule has 5 heteroatoms. The lowest BCUT2D eigenvalue weighted by atomic mass is 10.1. The highest BCUT2D eigenvalue weighted by molar-refractivity contribution is 9.10. The summed E-state index contributed by atoms with van der Waals surface area (Å²) < 4.78 is 0.971. The molecule has 2 heterocycles. The Bertz CT molecular complexity index is 803. The first-order valence-electron chi connectivity index (χ1n) is 8.09. The lowest BCUT2D eigenvalue weighted by Crippen LogP contribution is -2.36. The molecule has 1 saturated heterocycles. The summed E-state index contributed by atoms with van der Waals surface area (Å²) in [7, 11) is 0. The highest BCUT2D eigenvalue weighted by Gasteiger charge is 2.38. The van der Waals surface area contributed by atoms with E-state index in [0.29, 0.717) is 13.1 Å². The van der Waals surface area contributed by atoms with Crippen LogP contribution in [0.2, 0.25) is 0 Å². The molecular formula is C19H17BrN2O2. The van der Waals surface area contributed by atoms with Crippen LogP contribution in [0.15, 0.2) is 53.0 Å². The lowest BCUT2D eigenvalue weighted by molar-refractivity contribution is -0.124. The van der Waals surface area contributed by atoms with E-state index in [9.17, 15) is 9.59 Å². The topological polar surface area (TPSA) is 40.6 Å². The van der Waals surface area contributed by atoms with Crippen molar-refractivity contribution in [1.82, 2.24) is 0 Å². The molecule has 0 radical (unpaired) electrons. The number of benzene rings is 2. The van der Waals surface area contributed by atoms with Crippen molar-refractivity contribution in [2.24, 2.45) is 5.92 Å². The minimum absolute atomic E-state index is 0.0168. The minimum atomic E-state index is -0.271. The molecule has 2 aliphatic rings. The Morgan fingerprint density at radius 3 is 2.62 bits per heavy atom. The zero-order valence-electron chi connectivity index (χ0n) is 13.1. The highest BCUT2D eigenvalue weighted by atomic mass is 79.9. The van der Waals surface area contributed by atoms with E-state index in [1.807, 2.05) is 47.4 Å². The number of rotatable bonds is 2. The van der Waals surface area contributed by atoms with Gasteiger partial charge in [-0.15, -0.1) is 0 Å². The third kappa shape index (κ3) is 2.63. The Hall–Kier alpha value is -2.14. The van der Waals surface area contributed by atoms with Gasteiger partial charge in [0.15, 0.2) is 0 Å². The number of carbonyl (C=O) groups is 2. The van der Waals surface area contributed by atoms with Crippen LogP contribution in [-0.4, -0.2) is 24.9 Å². The van der Waals surface area contributed by atoms with Crippen molar-refractivity contribution in [2.45, 2.75) is 12.8 Å². The van der Waals surface area contributed by atoms with E-state index in [1.165, 1.54) is 5.56 Å². The number of nitrogens with zero attached hydrogens (tertiary/aromatic N) is 2. The maximum atomic E-state index is 12.9. The average Bonchev–Trinajstić information content (AvgIpc) is 3.19. The van der Waals surface area contributed by atoms with Crippen molar-refractivity contribution in [1.29, 1.82) is 0 Å². The van der Waals surface area contributed by atoms with E-state index in [2.05, 4.69) is 22.0 Å². The number of carbonyl (C=O) groups excluding carboxylic acids is 2. The maximum absolute atomic E-state index is 12.9. The fraction of sp³-hybridized carbons (Fsp3) is 0.263. The predicted molar refractivity (Wildman–Crippen MR) is 97.1 cm³/mol. The second kappa shape index (κ2) is 6.06. The van der Waals surface area contributed by atoms with Crippen molar-refractivity contribution in [3.63, 3.8) is 0 Å². The molecular weight excluding hydrogens is 368 g/mol. The number of para-hydroxylation sites is 1. The van der Waals surface area contributed by atoms with Crippen LogP contribution < -0.4 is 9.80 Å². The molecule has 0 bridgehead atoms. The van der Waals surface area contributed by atoms with Gasteiger partial charge in [0.25, 0.3) is 0 Å². The molecule has 0 aromatic heterocycles. The second-order valence-corrected chi connectivity index (χ2v) is 7.17. The summed E-state index contributed by atoms with van der Waals surface area (Å²) in [5, 5.41) is 0. The number of fused-ring (bicyclic) bond motifs is 1. The first-order valence-corrected chi connectivity index (χ1v) is 8.88. The Morgan fingerprint density at radius 2 is 1.83 bits per heavy atom. The van der Waals surface area contributed by atoms with E-state index < -0.39 is 0 Å². The van der Waals surface area contributed by atoms with Crippen molar-refractivity contribution < 1.29 is 9.59 Å². The van der Waals surface area contributed by atoms with Gasteiger partial charge >= 0.3 is 0 Å². The quantitative estimate of drug-likeness (QED) is 0.795. The molecule has 0 saturated carbocycles. The maximum Gasteiger partial charge on any atom is 0.232 e. The third-order valence-corrected chi connectivity index (χ3v) is 5.29. The number of hydrogen-bond acceptors (Lipinski definition) is 2. The molecule has 2 aliphatic heterocycles. The SMILES string of the molecule is O=C1CC(C(=O)N2CCc3ccccc32)CN1c1ccc(Br)cc1. The number of anilines is 2. The van der Waals surface area contributed by atoms with Crippen LogP contribution in [-0.2, 0) is 16.0 Å². The summed E-state index contributed by atoms with van der Waals surface area (Å²) in [6, 6.07) is 15.6. The largest absolute Gasteiger partial charge is 0.312 e. The van der Waals surface area contributed by atoms with Gasteiger partial charge in [0.05, 0.1) is 5.92 Å². The van der Waals surface area contributed by atoms with Gasteiger partial charge < -0.3 is 9.80 Å². The van der Waals surface area contributed by atoms with Crippen LogP contribution in [0.1, 0.15) is 12.0 Å². The highest BCUT2D eigenvalue weighted by Crippen LogP contribution is 2.32. The standard InChI is InChI=1S/C19H17BrN2O2/c20-15-5-7-16(8-6-15)22-12-14(11-18(22)23)19(24)21-10-9-13-3-1-2-4-17(13)21/h1-8,14H,9-12H2. The molecule has 122 valence electrons. The molecule has 1 unspecified atom stereocenters. The molecule has 0 spiro atoms. The van der Waals surface area contributed by atoms with Crippen LogP contribution in [0.4, 0.5) is 11.4 Å². The zero-order chi connectivity index (χ0) is 16.7. The van der Waals surface area contributed by atoms with Gasteiger partial charge in [-0.3, -0.25) is 9.59 Å². The van der Waals surface area contributed by atoms with Gasteiger partial charge in [0, 0.05) is 35.4 Å². The van der Waals surface area contributed by atoms with Gasteiger partial charge in [-0.05, 0) is 42.3 Å². The number of hydrogen-bond donors (Lipinski definition) is 0. The van der Waals surface area contributed by atoms with E-state index in [4.69, 9.17) is 0 Å². The predicted octanol–water partition coefficient (Wildman–Crippen LogP) is 3.39. The molecule has 0 N–H and O–H groups in total.